The molecule has 1 aliphatic heterocycles. The molecule has 0 saturated carbocycles. The van der Waals surface area contributed by atoms with Crippen molar-refractivity contribution in [2.75, 3.05) is 36.5 Å². The van der Waals surface area contributed by atoms with Gasteiger partial charge in [-0.2, -0.15) is 0 Å². The van der Waals surface area contributed by atoms with Crippen LogP contribution in [0.15, 0.2) is 48.5 Å². The van der Waals surface area contributed by atoms with Crippen molar-refractivity contribution in [2.45, 2.75) is 13.3 Å². The van der Waals surface area contributed by atoms with E-state index in [-0.39, 0.29) is 12.6 Å². The van der Waals surface area contributed by atoms with E-state index in [9.17, 15) is 4.79 Å². The Morgan fingerprint density at radius 2 is 1.88 bits per heavy atom. The molecule has 2 amide bonds. The zero-order valence-corrected chi connectivity index (χ0v) is 13.9. The van der Waals surface area contributed by atoms with Gasteiger partial charge in [-0.15, -0.1) is 0 Å². The minimum atomic E-state index is -0.188. The molecule has 0 radical (unpaired) electrons. The van der Waals surface area contributed by atoms with Gasteiger partial charge in [-0.25, -0.2) is 4.79 Å². The Balaban J connectivity index is 1.86. The molecule has 0 fully saturated rings. The molecule has 5 nitrogen and oxygen atoms in total. The number of aliphatic hydroxyl groups is 1. The summed E-state index contributed by atoms with van der Waals surface area (Å²) in [5.74, 6) is 0. The molecule has 5 heteroatoms. The lowest BCUT2D eigenvalue weighted by atomic mass is 10.2. The molecular formula is C19H23N3O2. The van der Waals surface area contributed by atoms with Crippen molar-refractivity contribution in [1.82, 2.24) is 4.90 Å². The molecule has 1 heterocycles. The van der Waals surface area contributed by atoms with Gasteiger partial charge in [0.25, 0.3) is 0 Å². The van der Waals surface area contributed by atoms with Gasteiger partial charge in [0.05, 0.1) is 18.0 Å². The summed E-state index contributed by atoms with van der Waals surface area (Å²) in [5, 5.41) is 12.1. The molecule has 0 bridgehead atoms. The minimum absolute atomic E-state index is 0.0393. The first-order chi connectivity index (χ1) is 11.7. The Bertz CT molecular complexity index is 717. The van der Waals surface area contributed by atoms with E-state index in [4.69, 9.17) is 5.11 Å². The molecule has 2 aromatic rings. The molecule has 1 aliphatic rings. The van der Waals surface area contributed by atoms with E-state index >= 15 is 0 Å². The number of nitrogens with zero attached hydrogens (tertiary/aromatic N) is 2. The van der Waals surface area contributed by atoms with Crippen molar-refractivity contribution in [1.29, 1.82) is 0 Å². The van der Waals surface area contributed by atoms with E-state index in [0.717, 1.165) is 24.3 Å². The third kappa shape index (κ3) is 3.21. The average molecular weight is 325 g/mol. The van der Waals surface area contributed by atoms with E-state index in [1.54, 1.807) is 4.90 Å². The van der Waals surface area contributed by atoms with Gasteiger partial charge in [0.15, 0.2) is 0 Å². The fraction of sp³-hybridized carbons (Fsp3) is 0.316. The van der Waals surface area contributed by atoms with Crippen molar-refractivity contribution in [3.8, 4) is 0 Å². The molecular weight excluding hydrogens is 302 g/mol. The molecule has 24 heavy (non-hydrogen) atoms. The molecule has 126 valence electrons. The maximum Gasteiger partial charge on any atom is 0.321 e. The van der Waals surface area contributed by atoms with Crippen LogP contribution in [0.2, 0.25) is 0 Å². The molecule has 2 N–H and O–H groups in total. The van der Waals surface area contributed by atoms with Crippen molar-refractivity contribution in [3.63, 3.8) is 0 Å². The summed E-state index contributed by atoms with van der Waals surface area (Å²) in [6.45, 7) is 3.65. The first-order valence-electron chi connectivity index (χ1n) is 8.36. The van der Waals surface area contributed by atoms with Crippen LogP contribution in [0.1, 0.15) is 12.5 Å². The highest BCUT2D eigenvalue weighted by Crippen LogP contribution is 2.38. The van der Waals surface area contributed by atoms with Crippen LogP contribution < -0.4 is 10.2 Å². The molecule has 0 spiro atoms. The highest BCUT2D eigenvalue weighted by Gasteiger charge is 2.22. The van der Waals surface area contributed by atoms with Crippen molar-refractivity contribution in [3.05, 3.63) is 54.1 Å². The third-order valence-corrected chi connectivity index (χ3v) is 4.36. The molecule has 0 unspecified atom stereocenters. The average Bonchev–Trinajstić information content (AvgIpc) is 3.04. The van der Waals surface area contributed by atoms with Crippen LogP contribution in [0.4, 0.5) is 21.9 Å². The summed E-state index contributed by atoms with van der Waals surface area (Å²) in [4.78, 5) is 16.3. The van der Waals surface area contributed by atoms with E-state index in [0.29, 0.717) is 13.1 Å². The number of urea groups is 1. The molecule has 0 aliphatic carbocycles. The largest absolute Gasteiger partial charge is 0.395 e. The number of amides is 2. The Labute approximate surface area is 142 Å². The molecule has 0 atom stereocenters. The van der Waals surface area contributed by atoms with Crippen LogP contribution >= 0.6 is 0 Å². The number of nitrogens with one attached hydrogen (secondary N) is 1. The van der Waals surface area contributed by atoms with Gasteiger partial charge in [-0.05, 0) is 37.1 Å². The van der Waals surface area contributed by atoms with Gasteiger partial charge in [-0.3, -0.25) is 0 Å². The van der Waals surface area contributed by atoms with Gasteiger partial charge < -0.3 is 20.2 Å². The standard InChI is InChI=1S/C19H23N3O2/c1-2-21(13-14-23)19(24)20-16-8-4-6-10-18(16)22-12-11-15-7-3-5-9-17(15)22/h3-10,23H,2,11-14H2,1H3,(H,20,24). The highest BCUT2D eigenvalue weighted by atomic mass is 16.3. The van der Waals surface area contributed by atoms with Gasteiger partial charge in [0.1, 0.15) is 0 Å². The minimum Gasteiger partial charge on any atom is -0.395 e. The number of hydrogen-bond acceptors (Lipinski definition) is 3. The summed E-state index contributed by atoms with van der Waals surface area (Å²) in [5.41, 5.74) is 4.31. The first kappa shape index (κ1) is 16.3. The Morgan fingerprint density at radius 3 is 2.62 bits per heavy atom. The van der Waals surface area contributed by atoms with Crippen molar-refractivity contribution in [2.24, 2.45) is 0 Å². The maximum atomic E-state index is 12.4. The number of rotatable bonds is 5. The second-order valence-electron chi connectivity index (χ2n) is 5.78. The van der Waals surface area contributed by atoms with Gasteiger partial charge in [0, 0.05) is 25.3 Å². The lowest BCUT2D eigenvalue weighted by molar-refractivity contribution is 0.192. The molecule has 0 saturated heterocycles. The zero-order valence-electron chi connectivity index (χ0n) is 13.9. The number of anilines is 3. The summed E-state index contributed by atoms with van der Waals surface area (Å²) in [6, 6.07) is 16.0. The Kier molecular flexibility index (Phi) is 5.01. The predicted molar refractivity (Wildman–Crippen MR) is 96.9 cm³/mol. The summed E-state index contributed by atoms with van der Waals surface area (Å²) in [6.07, 6.45) is 1.00. The van der Waals surface area contributed by atoms with Crippen LogP contribution in [-0.4, -0.2) is 42.3 Å². The van der Waals surface area contributed by atoms with E-state index < -0.39 is 0 Å². The lowest BCUT2D eigenvalue weighted by Gasteiger charge is -2.25. The molecule has 3 rings (SSSR count). The van der Waals surface area contributed by atoms with E-state index in [2.05, 4.69) is 28.4 Å². The second-order valence-corrected chi connectivity index (χ2v) is 5.78. The van der Waals surface area contributed by atoms with E-state index in [1.807, 2.05) is 37.3 Å². The monoisotopic (exact) mass is 325 g/mol. The number of fused-ring (bicyclic) bond motifs is 1. The summed E-state index contributed by atoms with van der Waals surface area (Å²) in [7, 11) is 0. The summed E-state index contributed by atoms with van der Waals surface area (Å²) < 4.78 is 0. The van der Waals surface area contributed by atoms with Gasteiger partial charge in [-0.1, -0.05) is 30.3 Å². The van der Waals surface area contributed by atoms with Crippen LogP contribution in [-0.2, 0) is 6.42 Å². The number of hydrogen-bond donors (Lipinski definition) is 2. The first-order valence-corrected chi connectivity index (χ1v) is 8.36. The van der Waals surface area contributed by atoms with Gasteiger partial charge >= 0.3 is 6.03 Å². The predicted octanol–water partition coefficient (Wildman–Crippen LogP) is 3.23. The normalized spacial score (nSPS) is 12.8. The summed E-state index contributed by atoms with van der Waals surface area (Å²) >= 11 is 0. The number of benzene rings is 2. The van der Waals surface area contributed by atoms with Gasteiger partial charge in [0.2, 0.25) is 0 Å². The number of aliphatic hydroxyl groups excluding tert-OH is 1. The van der Waals surface area contributed by atoms with Crippen LogP contribution in [0.25, 0.3) is 0 Å². The topological polar surface area (TPSA) is 55.8 Å². The number of para-hydroxylation sites is 3. The highest BCUT2D eigenvalue weighted by molar-refractivity contribution is 5.94. The van der Waals surface area contributed by atoms with Crippen molar-refractivity contribution >= 4 is 23.1 Å². The Morgan fingerprint density at radius 1 is 1.17 bits per heavy atom. The quantitative estimate of drug-likeness (QED) is 0.887. The van der Waals surface area contributed by atoms with Crippen LogP contribution in [0, 0.1) is 0 Å². The number of likely N-dealkylation sites (N-methyl/N-ethyl adjacent to an activating group) is 1. The zero-order chi connectivity index (χ0) is 16.9. The Hall–Kier alpha value is -2.53. The number of carbonyl (C=O) groups excluding carboxylic acids is 1. The van der Waals surface area contributed by atoms with Crippen LogP contribution in [0.3, 0.4) is 0 Å². The smallest absolute Gasteiger partial charge is 0.321 e. The molecule has 0 aromatic heterocycles. The third-order valence-electron chi connectivity index (χ3n) is 4.36. The molecule has 2 aromatic carbocycles. The fourth-order valence-electron chi connectivity index (χ4n) is 3.12. The SMILES string of the molecule is CCN(CCO)C(=O)Nc1ccccc1N1CCc2ccccc21. The van der Waals surface area contributed by atoms with Crippen molar-refractivity contribution < 1.29 is 9.90 Å². The fourth-order valence-corrected chi connectivity index (χ4v) is 3.12. The number of carbonyl (C=O) groups is 1. The van der Waals surface area contributed by atoms with E-state index in [1.165, 1.54) is 11.3 Å². The second kappa shape index (κ2) is 7.36. The lowest BCUT2D eigenvalue weighted by Crippen LogP contribution is -2.37. The maximum absolute atomic E-state index is 12.4. The van der Waals surface area contributed by atoms with Crippen LogP contribution in [0.5, 0.6) is 0 Å².